The Morgan fingerprint density at radius 2 is 2.24 bits per heavy atom. The van der Waals surface area contributed by atoms with Gasteiger partial charge in [-0.3, -0.25) is 4.79 Å². The lowest BCUT2D eigenvalue weighted by molar-refractivity contribution is 0.0950. The summed E-state index contributed by atoms with van der Waals surface area (Å²) >= 11 is 5.82. The van der Waals surface area contributed by atoms with Crippen LogP contribution in [0.2, 0.25) is 5.02 Å². The Bertz CT molecular complexity index is 383. The van der Waals surface area contributed by atoms with Crippen LogP contribution in [0, 0.1) is 0 Å². The first-order valence-electron chi connectivity index (χ1n) is 5.51. The van der Waals surface area contributed by atoms with Crippen LogP contribution in [0.1, 0.15) is 23.2 Å². The molecule has 94 valence electrons. The van der Waals surface area contributed by atoms with E-state index in [1.165, 1.54) is 7.11 Å². The summed E-state index contributed by atoms with van der Waals surface area (Å²) in [5.41, 5.74) is 5.86. The van der Waals surface area contributed by atoms with Gasteiger partial charge in [0.2, 0.25) is 0 Å². The van der Waals surface area contributed by atoms with Crippen LogP contribution in [0.5, 0.6) is 5.75 Å². The molecule has 0 aliphatic rings. The molecule has 0 aliphatic carbocycles. The minimum absolute atomic E-state index is 0.157. The molecule has 0 spiro atoms. The standard InChI is InChI=1S/C12H17ClN2O2/c1-17-11-8-9(13)4-5-10(11)12(16)15-7-3-2-6-14/h4-5,8H,2-3,6-7,14H2,1H3,(H,15,16). The van der Waals surface area contributed by atoms with Crippen LogP contribution >= 0.6 is 11.6 Å². The fraction of sp³-hybridized carbons (Fsp3) is 0.417. The number of amides is 1. The van der Waals surface area contributed by atoms with E-state index in [1.807, 2.05) is 0 Å². The zero-order valence-electron chi connectivity index (χ0n) is 9.83. The molecule has 0 saturated heterocycles. The molecule has 17 heavy (non-hydrogen) atoms. The highest BCUT2D eigenvalue weighted by Gasteiger charge is 2.11. The monoisotopic (exact) mass is 256 g/mol. The fourth-order valence-electron chi connectivity index (χ4n) is 1.42. The van der Waals surface area contributed by atoms with Crippen molar-refractivity contribution in [3.63, 3.8) is 0 Å². The minimum atomic E-state index is -0.157. The van der Waals surface area contributed by atoms with Crippen LogP contribution in [0.25, 0.3) is 0 Å². The largest absolute Gasteiger partial charge is 0.496 e. The maximum absolute atomic E-state index is 11.8. The van der Waals surface area contributed by atoms with Gasteiger partial charge in [0.15, 0.2) is 0 Å². The maximum atomic E-state index is 11.8. The summed E-state index contributed by atoms with van der Waals surface area (Å²) < 4.78 is 5.11. The average Bonchev–Trinajstić information content (AvgIpc) is 2.34. The molecule has 0 aromatic heterocycles. The molecular formula is C12H17ClN2O2. The molecule has 4 nitrogen and oxygen atoms in total. The predicted octanol–water partition coefficient (Wildman–Crippen LogP) is 1.82. The van der Waals surface area contributed by atoms with Crippen molar-refractivity contribution >= 4 is 17.5 Å². The molecule has 1 amide bonds. The van der Waals surface area contributed by atoms with Crippen molar-refractivity contribution in [1.29, 1.82) is 0 Å². The smallest absolute Gasteiger partial charge is 0.255 e. The number of rotatable bonds is 6. The predicted molar refractivity (Wildman–Crippen MR) is 68.6 cm³/mol. The summed E-state index contributed by atoms with van der Waals surface area (Å²) in [6.07, 6.45) is 1.77. The molecule has 0 bridgehead atoms. The van der Waals surface area contributed by atoms with Gasteiger partial charge in [0.25, 0.3) is 5.91 Å². The van der Waals surface area contributed by atoms with Crippen LogP contribution < -0.4 is 15.8 Å². The second kappa shape index (κ2) is 7.14. The molecule has 0 radical (unpaired) electrons. The number of hydrogen-bond donors (Lipinski definition) is 2. The number of unbranched alkanes of at least 4 members (excludes halogenated alkanes) is 1. The molecule has 3 N–H and O–H groups in total. The highest BCUT2D eigenvalue weighted by molar-refractivity contribution is 6.30. The second-order valence-electron chi connectivity index (χ2n) is 3.60. The molecule has 0 aliphatic heterocycles. The van der Waals surface area contributed by atoms with E-state index in [2.05, 4.69) is 5.32 Å². The van der Waals surface area contributed by atoms with Crippen LogP contribution in [0.3, 0.4) is 0 Å². The quantitative estimate of drug-likeness (QED) is 0.763. The molecule has 0 unspecified atom stereocenters. The number of benzene rings is 1. The number of ether oxygens (including phenoxy) is 1. The van der Waals surface area contributed by atoms with Gasteiger partial charge in [0, 0.05) is 11.6 Å². The third-order valence-corrected chi connectivity index (χ3v) is 2.56. The zero-order valence-corrected chi connectivity index (χ0v) is 10.6. The van der Waals surface area contributed by atoms with Gasteiger partial charge in [-0.1, -0.05) is 11.6 Å². The van der Waals surface area contributed by atoms with Gasteiger partial charge in [0.05, 0.1) is 12.7 Å². The SMILES string of the molecule is COc1cc(Cl)ccc1C(=O)NCCCCN. The number of carbonyl (C=O) groups excluding carboxylic acids is 1. The summed E-state index contributed by atoms with van der Waals surface area (Å²) in [4.78, 5) is 11.8. The van der Waals surface area contributed by atoms with Crippen LogP contribution in [-0.4, -0.2) is 26.1 Å². The summed E-state index contributed by atoms with van der Waals surface area (Å²) in [7, 11) is 1.51. The van der Waals surface area contributed by atoms with Crippen LogP contribution in [-0.2, 0) is 0 Å². The second-order valence-corrected chi connectivity index (χ2v) is 4.03. The van der Waals surface area contributed by atoms with Crippen molar-refractivity contribution in [1.82, 2.24) is 5.32 Å². The van der Waals surface area contributed by atoms with E-state index in [0.29, 0.717) is 29.4 Å². The number of carbonyl (C=O) groups is 1. The number of nitrogens with two attached hydrogens (primary N) is 1. The highest BCUT2D eigenvalue weighted by atomic mass is 35.5. The lowest BCUT2D eigenvalue weighted by atomic mass is 10.2. The Morgan fingerprint density at radius 1 is 1.47 bits per heavy atom. The van der Waals surface area contributed by atoms with Gasteiger partial charge in [-0.05, 0) is 37.6 Å². The van der Waals surface area contributed by atoms with Crippen molar-refractivity contribution in [2.45, 2.75) is 12.8 Å². The Hall–Kier alpha value is -1.26. The highest BCUT2D eigenvalue weighted by Crippen LogP contribution is 2.22. The molecule has 1 aromatic carbocycles. The fourth-order valence-corrected chi connectivity index (χ4v) is 1.58. The lowest BCUT2D eigenvalue weighted by Crippen LogP contribution is -2.25. The van der Waals surface area contributed by atoms with Crippen molar-refractivity contribution in [3.8, 4) is 5.75 Å². The normalized spacial score (nSPS) is 10.1. The molecule has 5 heteroatoms. The van der Waals surface area contributed by atoms with Crippen LogP contribution in [0.4, 0.5) is 0 Å². The van der Waals surface area contributed by atoms with Gasteiger partial charge < -0.3 is 15.8 Å². The number of hydrogen-bond acceptors (Lipinski definition) is 3. The van der Waals surface area contributed by atoms with Gasteiger partial charge in [-0.2, -0.15) is 0 Å². The minimum Gasteiger partial charge on any atom is -0.496 e. The van der Waals surface area contributed by atoms with Gasteiger partial charge >= 0.3 is 0 Å². The number of methoxy groups -OCH3 is 1. The third-order valence-electron chi connectivity index (χ3n) is 2.32. The Morgan fingerprint density at radius 3 is 2.88 bits per heavy atom. The van der Waals surface area contributed by atoms with Crippen molar-refractivity contribution < 1.29 is 9.53 Å². The topological polar surface area (TPSA) is 64.3 Å². The summed E-state index contributed by atoms with van der Waals surface area (Å²) in [6, 6.07) is 4.94. The van der Waals surface area contributed by atoms with Gasteiger partial charge in [-0.15, -0.1) is 0 Å². The van der Waals surface area contributed by atoms with E-state index >= 15 is 0 Å². The molecule has 0 fully saturated rings. The summed E-state index contributed by atoms with van der Waals surface area (Å²) in [5.74, 6) is 0.323. The van der Waals surface area contributed by atoms with Crippen LogP contribution in [0.15, 0.2) is 18.2 Å². The Labute approximate surface area is 106 Å². The Kier molecular flexibility index (Phi) is 5.80. The number of nitrogens with one attached hydrogen (secondary N) is 1. The molecular weight excluding hydrogens is 240 g/mol. The molecule has 1 aromatic rings. The molecule has 1 rings (SSSR count). The molecule has 0 saturated carbocycles. The molecule has 0 atom stereocenters. The van der Waals surface area contributed by atoms with E-state index < -0.39 is 0 Å². The number of halogens is 1. The maximum Gasteiger partial charge on any atom is 0.255 e. The summed E-state index contributed by atoms with van der Waals surface area (Å²) in [6.45, 7) is 1.25. The third kappa shape index (κ3) is 4.24. The lowest BCUT2D eigenvalue weighted by Gasteiger charge is -2.09. The summed E-state index contributed by atoms with van der Waals surface area (Å²) in [5, 5.41) is 3.35. The van der Waals surface area contributed by atoms with Gasteiger partial charge in [0.1, 0.15) is 5.75 Å². The van der Waals surface area contributed by atoms with Crippen molar-refractivity contribution in [2.75, 3.05) is 20.2 Å². The first kappa shape index (κ1) is 13.8. The van der Waals surface area contributed by atoms with E-state index in [9.17, 15) is 4.79 Å². The molecule has 0 heterocycles. The van der Waals surface area contributed by atoms with E-state index in [-0.39, 0.29) is 5.91 Å². The zero-order chi connectivity index (χ0) is 12.7. The van der Waals surface area contributed by atoms with E-state index in [1.54, 1.807) is 18.2 Å². The van der Waals surface area contributed by atoms with E-state index in [0.717, 1.165) is 12.8 Å². The first-order valence-corrected chi connectivity index (χ1v) is 5.88. The first-order chi connectivity index (χ1) is 8.19. The van der Waals surface area contributed by atoms with Crippen molar-refractivity contribution in [2.24, 2.45) is 5.73 Å². The van der Waals surface area contributed by atoms with E-state index in [4.69, 9.17) is 22.1 Å². The van der Waals surface area contributed by atoms with Crippen molar-refractivity contribution in [3.05, 3.63) is 28.8 Å². The van der Waals surface area contributed by atoms with Gasteiger partial charge in [-0.25, -0.2) is 0 Å². The average molecular weight is 257 g/mol. The Balaban J connectivity index is 2.62.